The number of fused-ring (bicyclic) bond motifs is 1. The van der Waals surface area contributed by atoms with Crippen molar-refractivity contribution in [1.29, 1.82) is 0 Å². The lowest BCUT2D eigenvalue weighted by Crippen LogP contribution is -2.20. The van der Waals surface area contributed by atoms with Crippen LogP contribution in [0.5, 0.6) is 5.75 Å². The van der Waals surface area contributed by atoms with Crippen molar-refractivity contribution in [1.82, 2.24) is 0 Å². The summed E-state index contributed by atoms with van der Waals surface area (Å²) in [5, 5.41) is 0. The summed E-state index contributed by atoms with van der Waals surface area (Å²) >= 11 is 3.59. The van der Waals surface area contributed by atoms with Gasteiger partial charge in [0, 0.05) is 10.5 Å². The van der Waals surface area contributed by atoms with Gasteiger partial charge in [-0.1, -0.05) is 52.3 Å². The molecule has 104 valence electrons. The molecule has 2 unspecified atom stereocenters. The third-order valence-corrected chi connectivity index (χ3v) is 4.65. The van der Waals surface area contributed by atoms with Gasteiger partial charge in [-0.3, -0.25) is 0 Å². The average molecular weight is 332 g/mol. The van der Waals surface area contributed by atoms with Gasteiger partial charge in [-0.15, -0.1) is 0 Å². The summed E-state index contributed by atoms with van der Waals surface area (Å²) in [6, 6.07) is 16.5. The minimum atomic E-state index is 0.0433. The fourth-order valence-electron chi connectivity index (χ4n) is 2.87. The Balaban J connectivity index is 1.81. The van der Waals surface area contributed by atoms with Crippen LogP contribution in [0.25, 0.3) is 0 Å². The van der Waals surface area contributed by atoms with E-state index in [2.05, 4.69) is 34.1 Å². The fraction of sp³-hybridized carbons (Fsp3) is 0.294. The Hall–Kier alpha value is -1.32. The molecule has 1 heterocycles. The van der Waals surface area contributed by atoms with E-state index in [0.717, 1.165) is 29.7 Å². The highest BCUT2D eigenvalue weighted by atomic mass is 79.9. The molecule has 0 saturated carbocycles. The topological polar surface area (TPSA) is 35.2 Å². The van der Waals surface area contributed by atoms with Crippen molar-refractivity contribution in [3.8, 4) is 5.75 Å². The van der Waals surface area contributed by atoms with Gasteiger partial charge in [0.25, 0.3) is 0 Å². The Labute approximate surface area is 128 Å². The normalized spacial score (nSPS) is 19.0. The first-order valence-electron chi connectivity index (χ1n) is 6.97. The van der Waals surface area contributed by atoms with Gasteiger partial charge in [-0.25, -0.2) is 0 Å². The van der Waals surface area contributed by atoms with E-state index in [4.69, 9.17) is 10.5 Å². The van der Waals surface area contributed by atoms with Crippen LogP contribution in [0.1, 0.15) is 35.9 Å². The molecule has 20 heavy (non-hydrogen) atoms. The highest BCUT2D eigenvalue weighted by Crippen LogP contribution is 2.39. The summed E-state index contributed by atoms with van der Waals surface area (Å²) < 4.78 is 6.81. The van der Waals surface area contributed by atoms with Gasteiger partial charge in [-0.05, 0) is 42.0 Å². The lowest BCUT2D eigenvalue weighted by molar-refractivity contribution is 0.259. The Kier molecular flexibility index (Phi) is 4.08. The lowest BCUT2D eigenvalue weighted by atomic mass is 9.86. The molecule has 2 nitrogen and oxygen atoms in total. The molecule has 0 bridgehead atoms. The van der Waals surface area contributed by atoms with Crippen LogP contribution < -0.4 is 10.5 Å². The van der Waals surface area contributed by atoms with Crippen molar-refractivity contribution in [2.75, 3.05) is 6.61 Å². The van der Waals surface area contributed by atoms with Crippen LogP contribution >= 0.6 is 15.9 Å². The van der Waals surface area contributed by atoms with Crippen molar-refractivity contribution in [3.63, 3.8) is 0 Å². The summed E-state index contributed by atoms with van der Waals surface area (Å²) in [5.41, 5.74) is 8.88. The number of hydrogen-bond donors (Lipinski definition) is 1. The first kappa shape index (κ1) is 13.7. The average Bonchev–Trinajstić information content (AvgIpc) is 2.48. The van der Waals surface area contributed by atoms with Crippen LogP contribution in [0.15, 0.2) is 53.0 Å². The minimum absolute atomic E-state index is 0.0433. The number of benzene rings is 2. The summed E-state index contributed by atoms with van der Waals surface area (Å²) in [6.07, 6.45) is 1.98. The largest absolute Gasteiger partial charge is 0.493 e. The molecule has 0 fully saturated rings. The number of hydrogen-bond acceptors (Lipinski definition) is 2. The fourth-order valence-corrected chi connectivity index (χ4v) is 3.45. The van der Waals surface area contributed by atoms with E-state index in [1.165, 1.54) is 11.1 Å². The van der Waals surface area contributed by atoms with E-state index in [1.54, 1.807) is 0 Å². The molecule has 2 atom stereocenters. The highest BCUT2D eigenvalue weighted by molar-refractivity contribution is 9.10. The maximum atomic E-state index is 6.41. The SMILES string of the molecule is NC(CC1CCOc2ccccc21)c1ccccc1Br. The summed E-state index contributed by atoms with van der Waals surface area (Å²) in [6.45, 7) is 0.782. The van der Waals surface area contributed by atoms with Crippen LogP contribution in [0.3, 0.4) is 0 Å². The van der Waals surface area contributed by atoms with Gasteiger partial charge < -0.3 is 10.5 Å². The first-order chi connectivity index (χ1) is 9.75. The first-order valence-corrected chi connectivity index (χ1v) is 7.76. The van der Waals surface area contributed by atoms with Gasteiger partial charge in [-0.2, -0.15) is 0 Å². The highest BCUT2D eigenvalue weighted by Gasteiger charge is 2.24. The second-order valence-electron chi connectivity index (χ2n) is 5.24. The molecule has 0 spiro atoms. The lowest BCUT2D eigenvalue weighted by Gasteiger charge is -2.28. The van der Waals surface area contributed by atoms with Crippen molar-refractivity contribution < 1.29 is 4.74 Å². The molecule has 2 aromatic carbocycles. The van der Waals surface area contributed by atoms with Gasteiger partial charge in [0.2, 0.25) is 0 Å². The van der Waals surface area contributed by atoms with E-state index in [9.17, 15) is 0 Å². The van der Waals surface area contributed by atoms with Crippen molar-refractivity contribution >= 4 is 15.9 Å². The molecule has 0 radical (unpaired) electrons. The number of rotatable bonds is 3. The smallest absolute Gasteiger partial charge is 0.122 e. The second-order valence-corrected chi connectivity index (χ2v) is 6.09. The molecule has 3 rings (SSSR count). The Morgan fingerprint density at radius 1 is 1.15 bits per heavy atom. The van der Waals surface area contributed by atoms with E-state index in [1.807, 2.05) is 30.3 Å². The maximum absolute atomic E-state index is 6.41. The molecule has 0 aromatic heterocycles. The molecule has 0 aliphatic carbocycles. The molecule has 0 saturated heterocycles. The van der Waals surface area contributed by atoms with Crippen LogP contribution in [-0.2, 0) is 0 Å². The molecule has 2 aromatic rings. The molecule has 1 aliphatic rings. The third-order valence-electron chi connectivity index (χ3n) is 3.93. The molecule has 2 N–H and O–H groups in total. The zero-order chi connectivity index (χ0) is 13.9. The number of nitrogens with two attached hydrogens (primary N) is 1. The number of halogens is 1. The van der Waals surface area contributed by atoms with E-state index >= 15 is 0 Å². The van der Waals surface area contributed by atoms with Gasteiger partial charge >= 0.3 is 0 Å². The Morgan fingerprint density at radius 2 is 1.90 bits per heavy atom. The third kappa shape index (κ3) is 2.74. The van der Waals surface area contributed by atoms with Crippen LogP contribution in [0, 0.1) is 0 Å². The van der Waals surface area contributed by atoms with Crippen molar-refractivity contribution in [2.24, 2.45) is 5.73 Å². The monoisotopic (exact) mass is 331 g/mol. The van der Waals surface area contributed by atoms with E-state index < -0.39 is 0 Å². The Bertz CT molecular complexity index is 599. The number of ether oxygens (including phenoxy) is 1. The zero-order valence-electron chi connectivity index (χ0n) is 11.3. The van der Waals surface area contributed by atoms with Crippen LogP contribution in [-0.4, -0.2) is 6.61 Å². The van der Waals surface area contributed by atoms with Gasteiger partial charge in [0.05, 0.1) is 6.61 Å². The predicted octanol–water partition coefficient (Wildman–Crippen LogP) is 4.41. The maximum Gasteiger partial charge on any atom is 0.122 e. The minimum Gasteiger partial charge on any atom is -0.493 e. The molecule has 0 amide bonds. The zero-order valence-corrected chi connectivity index (χ0v) is 12.8. The van der Waals surface area contributed by atoms with Crippen molar-refractivity contribution in [3.05, 3.63) is 64.1 Å². The van der Waals surface area contributed by atoms with Gasteiger partial charge in [0.15, 0.2) is 0 Å². The predicted molar refractivity (Wildman–Crippen MR) is 85.0 cm³/mol. The van der Waals surface area contributed by atoms with Crippen LogP contribution in [0.4, 0.5) is 0 Å². The second kappa shape index (κ2) is 5.98. The number of para-hydroxylation sites is 1. The molecule has 1 aliphatic heterocycles. The molecular weight excluding hydrogens is 314 g/mol. The Morgan fingerprint density at radius 3 is 2.75 bits per heavy atom. The quantitative estimate of drug-likeness (QED) is 0.904. The summed E-state index contributed by atoms with van der Waals surface area (Å²) in [5.74, 6) is 1.49. The van der Waals surface area contributed by atoms with Crippen LogP contribution in [0.2, 0.25) is 0 Å². The standard InChI is InChI=1S/C17H18BrNO/c18-15-7-3-1-6-14(15)16(19)11-12-9-10-20-17-8-4-2-5-13(12)17/h1-8,12,16H,9-11,19H2. The van der Waals surface area contributed by atoms with Gasteiger partial charge in [0.1, 0.15) is 5.75 Å². The van der Waals surface area contributed by atoms with E-state index in [0.29, 0.717) is 5.92 Å². The summed E-state index contributed by atoms with van der Waals surface area (Å²) in [7, 11) is 0. The molecule has 3 heteroatoms. The van der Waals surface area contributed by atoms with Crippen molar-refractivity contribution in [2.45, 2.75) is 24.8 Å². The van der Waals surface area contributed by atoms with E-state index in [-0.39, 0.29) is 6.04 Å². The molecular formula is C17H18BrNO. The summed E-state index contributed by atoms with van der Waals surface area (Å²) in [4.78, 5) is 0.